The van der Waals surface area contributed by atoms with E-state index in [1.807, 2.05) is 0 Å². The fraction of sp³-hybridized carbons (Fsp3) is 0.533. The number of alkyl halides is 3. The van der Waals surface area contributed by atoms with Gasteiger partial charge in [0, 0.05) is 11.7 Å². The number of benzene rings is 1. The molecule has 0 saturated heterocycles. The van der Waals surface area contributed by atoms with Gasteiger partial charge in [-0.25, -0.2) is 4.79 Å². The van der Waals surface area contributed by atoms with E-state index in [-0.39, 0.29) is 18.3 Å². The molecule has 0 aromatic heterocycles. The number of nitrogens with zero attached hydrogens (tertiary/aromatic N) is 1. The third-order valence-electron chi connectivity index (χ3n) is 2.88. The topological polar surface area (TPSA) is 52.6 Å². The Morgan fingerprint density at radius 1 is 1.32 bits per heavy atom. The van der Waals surface area contributed by atoms with E-state index in [1.165, 1.54) is 17.0 Å². The molecule has 0 aliphatic rings. The first kappa shape index (κ1) is 18.3. The molecule has 0 fully saturated rings. The molecule has 1 aromatic rings. The average molecular weight is 318 g/mol. The van der Waals surface area contributed by atoms with Gasteiger partial charge in [0.05, 0.1) is 17.7 Å². The van der Waals surface area contributed by atoms with E-state index in [1.54, 1.807) is 27.7 Å². The number of urea groups is 1. The number of carbonyl (C=O) groups excluding carboxylic acids is 1. The van der Waals surface area contributed by atoms with Crippen molar-refractivity contribution in [2.24, 2.45) is 0 Å². The zero-order valence-electron chi connectivity index (χ0n) is 13.0. The van der Waals surface area contributed by atoms with Crippen molar-refractivity contribution in [1.82, 2.24) is 4.90 Å². The molecule has 124 valence electrons. The van der Waals surface area contributed by atoms with Crippen LogP contribution in [-0.2, 0) is 6.18 Å². The number of amides is 2. The summed E-state index contributed by atoms with van der Waals surface area (Å²) in [5.41, 5.74) is -1.87. The molecule has 2 N–H and O–H groups in total. The summed E-state index contributed by atoms with van der Waals surface area (Å²) in [6.45, 7) is 6.70. The summed E-state index contributed by atoms with van der Waals surface area (Å²) in [6.07, 6.45) is -4.47. The molecular weight excluding hydrogens is 297 g/mol. The molecule has 0 saturated carbocycles. The molecule has 0 heterocycles. The summed E-state index contributed by atoms with van der Waals surface area (Å²) < 4.78 is 38.0. The van der Waals surface area contributed by atoms with Gasteiger partial charge in [-0.05, 0) is 45.9 Å². The van der Waals surface area contributed by atoms with Gasteiger partial charge in [0.25, 0.3) is 0 Å². The summed E-state index contributed by atoms with van der Waals surface area (Å²) in [5, 5.41) is 12.3. The second kappa shape index (κ2) is 6.56. The van der Waals surface area contributed by atoms with Gasteiger partial charge in [0.2, 0.25) is 0 Å². The van der Waals surface area contributed by atoms with Crippen LogP contribution in [0.1, 0.15) is 33.3 Å². The van der Waals surface area contributed by atoms with Gasteiger partial charge >= 0.3 is 12.2 Å². The number of anilines is 1. The lowest BCUT2D eigenvalue weighted by Gasteiger charge is -2.32. The Bertz CT molecular complexity index is 522. The number of aliphatic hydroxyl groups is 1. The molecule has 2 amide bonds. The van der Waals surface area contributed by atoms with Gasteiger partial charge < -0.3 is 15.3 Å². The van der Waals surface area contributed by atoms with E-state index in [9.17, 15) is 23.1 Å². The van der Waals surface area contributed by atoms with Crippen molar-refractivity contribution in [1.29, 1.82) is 0 Å². The van der Waals surface area contributed by atoms with Gasteiger partial charge in [-0.2, -0.15) is 13.2 Å². The van der Waals surface area contributed by atoms with E-state index >= 15 is 0 Å². The second-order valence-electron chi connectivity index (χ2n) is 6.04. The molecule has 0 spiro atoms. The van der Waals surface area contributed by atoms with Crippen LogP contribution in [0.3, 0.4) is 0 Å². The molecule has 0 bridgehead atoms. The summed E-state index contributed by atoms with van der Waals surface area (Å²) in [7, 11) is 0. The van der Waals surface area contributed by atoms with Crippen molar-refractivity contribution >= 4 is 11.7 Å². The van der Waals surface area contributed by atoms with Crippen LogP contribution in [0, 0.1) is 0 Å². The number of hydrogen-bond donors (Lipinski definition) is 2. The molecule has 0 aliphatic carbocycles. The van der Waals surface area contributed by atoms with Crippen molar-refractivity contribution in [2.45, 2.75) is 45.5 Å². The van der Waals surface area contributed by atoms with Gasteiger partial charge in [-0.15, -0.1) is 0 Å². The van der Waals surface area contributed by atoms with Gasteiger partial charge in [-0.3, -0.25) is 0 Å². The third-order valence-corrected chi connectivity index (χ3v) is 2.88. The first-order valence-corrected chi connectivity index (χ1v) is 6.87. The Kier molecular flexibility index (Phi) is 5.45. The second-order valence-corrected chi connectivity index (χ2v) is 6.04. The highest BCUT2D eigenvalue weighted by atomic mass is 19.4. The molecular formula is C15H21F3N2O2. The van der Waals surface area contributed by atoms with Crippen LogP contribution in [-0.4, -0.2) is 34.2 Å². The lowest BCUT2D eigenvalue weighted by Crippen LogP contribution is -2.47. The summed E-state index contributed by atoms with van der Waals surface area (Å²) >= 11 is 0. The summed E-state index contributed by atoms with van der Waals surface area (Å²) in [5.74, 6) is 0. The molecule has 0 radical (unpaired) electrons. The minimum absolute atomic E-state index is 0.0567. The minimum atomic E-state index is -4.47. The highest BCUT2D eigenvalue weighted by molar-refractivity contribution is 5.89. The number of carbonyl (C=O) groups is 1. The average Bonchev–Trinajstić information content (AvgIpc) is 2.33. The van der Waals surface area contributed by atoms with Crippen LogP contribution < -0.4 is 5.32 Å². The van der Waals surface area contributed by atoms with Crippen molar-refractivity contribution in [3.8, 4) is 0 Å². The highest BCUT2D eigenvalue weighted by Crippen LogP contribution is 2.30. The van der Waals surface area contributed by atoms with Crippen LogP contribution in [0.5, 0.6) is 0 Å². The van der Waals surface area contributed by atoms with Crippen molar-refractivity contribution < 1.29 is 23.1 Å². The van der Waals surface area contributed by atoms with Crippen molar-refractivity contribution in [3.05, 3.63) is 29.8 Å². The zero-order valence-corrected chi connectivity index (χ0v) is 13.0. The maximum atomic E-state index is 12.7. The van der Waals surface area contributed by atoms with Gasteiger partial charge in [-0.1, -0.05) is 6.07 Å². The molecule has 22 heavy (non-hydrogen) atoms. The normalized spacial score (nSPS) is 12.4. The fourth-order valence-corrected chi connectivity index (χ4v) is 1.87. The largest absolute Gasteiger partial charge is 0.416 e. The van der Waals surface area contributed by atoms with E-state index in [2.05, 4.69) is 5.32 Å². The van der Waals surface area contributed by atoms with Crippen LogP contribution in [0.15, 0.2) is 24.3 Å². The first-order valence-electron chi connectivity index (χ1n) is 6.87. The smallest absolute Gasteiger partial charge is 0.389 e. The molecule has 0 atom stereocenters. The van der Waals surface area contributed by atoms with Crippen LogP contribution >= 0.6 is 0 Å². The summed E-state index contributed by atoms with van der Waals surface area (Å²) in [4.78, 5) is 13.6. The Morgan fingerprint density at radius 2 is 1.91 bits per heavy atom. The molecule has 0 aliphatic heterocycles. The van der Waals surface area contributed by atoms with Gasteiger partial charge in [0.1, 0.15) is 0 Å². The SMILES string of the molecule is CC(C)N(CC(C)(C)O)C(=O)Nc1cccc(C(F)(F)F)c1. The molecule has 7 heteroatoms. The molecule has 0 unspecified atom stereocenters. The lowest BCUT2D eigenvalue weighted by atomic mass is 10.1. The third kappa shape index (κ3) is 5.55. The number of nitrogens with one attached hydrogen (secondary N) is 1. The van der Waals surface area contributed by atoms with Crippen LogP contribution in [0.2, 0.25) is 0 Å². The van der Waals surface area contributed by atoms with E-state index in [0.29, 0.717) is 0 Å². The number of rotatable bonds is 4. The molecule has 1 aromatic carbocycles. The predicted octanol–water partition coefficient (Wildman–Crippen LogP) is 3.72. The lowest BCUT2D eigenvalue weighted by molar-refractivity contribution is -0.137. The monoisotopic (exact) mass is 318 g/mol. The van der Waals surface area contributed by atoms with E-state index in [4.69, 9.17) is 0 Å². The molecule has 4 nitrogen and oxygen atoms in total. The standard InChI is InChI=1S/C15H21F3N2O2/c1-10(2)20(9-14(3,4)22)13(21)19-12-7-5-6-11(8-12)15(16,17)18/h5-8,10,22H,9H2,1-4H3,(H,19,21). The minimum Gasteiger partial charge on any atom is -0.389 e. The Balaban J connectivity index is 2.90. The van der Waals surface area contributed by atoms with Crippen molar-refractivity contribution in [2.75, 3.05) is 11.9 Å². The summed E-state index contributed by atoms with van der Waals surface area (Å²) in [6, 6.07) is 3.66. The Morgan fingerprint density at radius 3 is 2.36 bits per heavy atom. The Labute approximate surface area is 127 Å². The number of hydrogen-bond acceptors (Lipinski definition) is 2. The van der Waals surface area contributed by atoms with Gasteiger partial charge in [0.15, 0.2) is 0 Å². The quantitative estimate of drug-likeness (QED) is 0.889. The van der Waals surface area contributed by atoms with Crippen molar-refractivity contribution in [3.63, 3.8) is 0 Å². The number of halogens is 3. The van der Waals surface area contributed by atoms with E-state index in [0.717, 1.165) is 12.1 Å². The molecule has 1 rings (SSSR count). The van der Waals surface area contributed by atoms with Crippen LogP contribution in [0.25, 0.3) is 0 Å². The predicted molar refractivity (Wildman–Crippen MR) is 78.6 cm³/mol. The fourth-order valence-electron chi connectivity index (χ4n) is 1.87. The first-order chi connectivity index (χ1) is 9.90. The van der Waals surface area contributed by atoms with Crippen LogP contribution in [0.4, 0.5) is 23.7 Å². The maximum Gasteiger partial charge on any atom is 0.416 e. The maximum absolute atomic E-state index is 12.7. The zero-order chi connectivity index (χ0) is 17.1. The highest BCUT2D eigenvalue weighted by Gasteiger charge is 2.31. The van der Waals surface area contributed by atoms with E-state index < -0.39 is 23.4 Å². The Hall–Kier alpha value is -1.76.